The van der Waals surface area contributed by atoms with E-state index >= 15 is 0 Å². The van der Waals surface area contributed by atoms with E-state index in [2.05, 4.69) is 15.4 Å². The summed E-state index contributed by atoms with van der Waals surface area (Å²) in [5.74, 6) is -0.802. The van der Waals surface area contributed by atoms with E-state index in [9.17, 15) is 18.0 Å². The van der Waals surface area contributed by atoms with Gasteiger partial charge in [0.25, 0.3) is 5.91 Å². The lowest BCUT2D eigenvalue weighted by atomic mass is 10.2. The first kappa shape index (κ1) is 18.1. The molecule has 1 amide bonds. The number of halogens is 3. The molecule has 2 aromatic heterocycles. The van der Waals surface area contributed by atoms with E-state index in [0.717, 1.165) is 27.1 Å². The number of hydrogen-bond donors (Lipinski definition) is 1. The van der Waals surface area contributed by atoms with Crippen molar-refractivity contribution in [2.45, 2.75) is 12.6 Å². The van der Waals surface area contributed by atoms with Crippen LogP contribution in [0.1, 0.15) is 21.7 Å². The Morgan fingerprint density at radius 2 is 2.00 bits per heavy atom. The van der Waals surface area contributed by atoms with E-state index in [0.29, 0.717) is 6.42 Å². The maximum Gasteiger partial charge on any atom is 0.435 e. The number of aryl methyl sites for hydroxylation is 1. The van der Waals surface area contributed by atoms with Crippen LogP contribution in [0.3, 0.4) is 0 Å². The highest BCUT2D eigenvalue weighted by Gasteiger charge is 2.38. The highest BCUT2D eigenvalue weighted by Crippen LogP contribution is 2.30. The average Bonchev–Trinajstić information content (AvgIpc) is 3.22. The first-order chi connectivity index (χ1) is 12.3. The maximum absolute atomic E-state index is 12.9. The molecule has 3 rings (SSSR count). The summed E-state index contributed by atoms with van der Waals surface area (Å²) < 4.78 is 39.7. The van der Waals surface area contributed by atoms with Gasteiger partial charge in [-0.05, 0) is 0 Å². The number of hydrogen-bond acceptors (Lipinski definition) is 4. The zero-order valence-electron chi connectivity index (χ0n) is 13.7. The van der Waals surface area contributed by atoms with Crippen molar-refractivity contribution < 1.29 is 18.0 Å². The van der Waals surface area contributed by atoms with Crippen LogP contribution in [0.5, 0.6) is 0 Å². The van der Waals surface area contributed by atoms with Crippen LogP contribution in [0.15, 0.2) is 41.9 Å². The Labute approximate surface area is 151 Å². The Balaban J connectivity index is 1.61. The highest BCUT2D eigenvalue weighted by atomic mass is 32.1. The molecule has 0 unspecified atom stereocenters. The minimum Gasteiger partial charge on any atom is -0.352 e. The Morgan fingerprint density at radius 1 is 1.27 bits per heavy atom. The summed E-state index contributed by atoms with van der Waals surface area (Å²) in [4.78, 5) is 16.5. The second-order valence-electron chi connectivity index (χ2n) is 5.58. The first-order valence-corrected chi connectivity index (χ1v) is 8.61. The normalized spacial score (nSPS) is 11.5. The molecule has 5 nitrogen and oxygen atoms in total. The van der Waals surface area contributed by atoms with Crippen LogP contribution in [0, 0.1) is 0 Å². The monoisotopic (exact) mass is 380 g/mol. The van der Waals surface area contributed by atoms with Crippen molar-refractivity contribution in [3.05, 3.63) is 58.9 Å². The molecular formula is C17H15F3N4OS. The van der Waals surface area contributed by atoms with Crippen LogP contribution >= 0.6 is 11.3 Å². The molecule has 1 aromatic carbocycles. The number of alkyl halides is 3. The van der Waals surface area contributed by atoms with Gasteiger partial charge < -0.3 is 5.32 Å². The first-order valence-electron chi connectivity index (χ1n) is 7.73. The van der Waals surface area contributed by atoms with Crippen LogP contribution in [-0.2, 0) is 19.6 Å². The predicted molar refractivity (Wildman–Crippen MR) is 91.8 cm³/mol. The van der Waals surface area contributed by atoms with Crippen molar-refractivity contribution in [1.29, 1.82) is 0 Å². The van der Waals surface area contributed by atoms with Gasteiger partial charge in [0, 0.05) is 37.2 Å². The molecule has 0 atom stereocenters. The van der Waals surface area contributed by atoms with Gasteiger partial charge in [0.1, 0.15) is 5.01 Å². The van der Waals surface area contributed by atoms with Crippen molar-refractivity contribution in [3.8, 4) is 10.6 Å². The molecule has 0 aliphatic rings. The summed E-state index contributed by atoms with van der Waals surface area (Å²) >= 11 is 1.48. The number of aromatic nitrogens is 3. The third kappa shape index (κ3) is 4.10. The number of benzene rings is 1. The smallest absolute Gasteiger partial charge is 0.352 e. The molecule has 0 aliphatic carbocycles. The lowest BCUT2D eigenvalue weighted by Crippen LogP contribution is -2.27. The fourth-order valence-electron chi connectivity index (χ4n) is 2.40. The fourth-order valence-corrected chi connectivity index (χ4v) is 3.26. The second-order valence-corrected chi connectivity index (χ2v) is 6.44. The minimum atomic E-state index is -4.67. The van der Waals surface area contributed by atoms with Gasteiger partial charge in [0.2, 0.25) is 0 Å². The Hall–Kier alpha value is -2.68. The van der Waals surface area contributed by atoms with Gasteiger partial charge in [-0.3, -0.25) is 9.48 Å². The molecule has 0 bridgehead atoms. The lowest BCUT2D eigenvalue weighted by Gasteiger charge is -2.06. The third-order valence-electron chi connectivity index (χ3n) is 3.58. The largest absolute Gasteiger partial charge is 0.435 e. The summed E-state index contributed by atoms with van der Waals surface area (Å²) in [6.07, 6.45) is -3.18. The number of amides is 1. The Morgan fingerprint density at radius 3 is 2.69 bits per heavy atom. The van der Waals surface area contributed by atoms with Crippen LogP contribution in [-0.4, -0.2) is 27.2 Å². The number of carbonyl (C=O) groups excluding carboxylic acids is 1. The number of rotatable bonds is 5. The molecule has 9 heteroatoms. The van der Waals surface area contributed by atoms with Crippen LogP contribution < -0.4 is 5.32 Å². The van der Waals surface area contributed by atoms with Crippen molar-refractivity contribution in [3.63, 3.8) is 0 Å². The van der Waals surface area contributed by atoms with Crippen molar-refractivity contribution in [2.24, 2.45) is 7.05 Å². The van der Waals surface area contributed by atoms with Gasteiger partial charge in [-0.25, -0.2) is 4.98 Å². The zero-order valence-corrected chi connectivity index (χ0v) is 14.6. The molecule has 26 heavy (non-hydrogen) atoms. The molecule has 0 fully saturated rings. The standard InChI is InChI=1S/C17H15F3N4OS/c1-24-9-13(14(23-24)17(18,19)20)15(25)21-8-7-12-10-26-16(22-12)11-5-3-2-4-6-11/h2-6,9-10H,7-8H2,1H3,(H,21,25). The van der Waals surface area contributed by atoms with Crippen LogP contribution in [0.25, 0.3) is 10.6 Å². The molecular weight excluding hydrogens is 365 g/mol. The van der Waals surface area contributed by atoms with Gasteiger partial charge in [0.05, 0.1) is 11.3 Å². The molecule has 0 aliphatic heterocycles. The SMILES string of the molecule is Cn1cc(C(=O)NCCc2csc(-c3ccccc3)n2)c(C(F)(F)F)n1. The number of carbonyl (C=O) groups is 1. The van der Waals surface area contributed by atoms with E-state index in [1.54, 1.807) is 0 Å². The molecule has 136 valence electrons. The fraction of sp³-hybridized carbons (Fsp3) is 0.235. The summed E-state index contributed by atoms with van der Waals surface area (Å²) in [6.45, 7) is 0.184. The van der Waals surface area contributed by atoms with E-state index in [1.807, 2.05) is 35.7 Å². The average molecular weight is 380 g/mol. The lowest BCUT2D eigenvalue weighted by molar-refractivity contribution is -0.141. The summed E-state index contributed by atoms with van der Waals surface area (Å²) in [5.41, 5.74) is 0.107. The molecule has 2 heterocycles. The van der Waals surface area contributed by atoms with Crippen molar-refractivity contribution in [2.75, 3.05) is 6.54 Å². The van der Waals surface area contributed by atoms with Gasteiger partial charge >= 0.3 is 6.18 Å². The van der Waals surface area contributed by atoms with E-state index < -0.39 is 23.3 Å². The van der Waals surface area contributed by atoms with Gasteiger partial charge in [0.15, 0.2) is 5.69 Å². The zero-order chi connectivity index (χ0) is 18.7. The second kappa shape index (κ2) is 7.28. The van der Waals surface area contributed by atoms with Gasteiger partial charge in [-0.2, -0.15) is 18.3 Å². The number of thiazole rings is 1. The molecule has 0 saturated carbocycles. The van der Waals surface area contributed by atoms with Crippen LogP contribution in [0.4, 0.5) is 13.2 Å². The van der Waals surface area contributed by atoms with Crippen LogP contribution in [0.2, 0.25) is 0 Å². The molecule has 3 aromatic rings. The Kier molecular flexibility index (Phi) is 5.08. The maximum atomic E-state index is 12.9. The Bertz CT molecular complexity index is 902. The number of nitrogens with zero attached hydrogens (tertiary/aromatic N) is 3. The van der Waals surface area contributed by atoms with E-state index in [4.69, 9.17) is 0 Å². The van der Waals surface area contributed by atoms with Crippen molar-refractivity contribution >= 4 is 17.2 Å². The summed E-state index contributed by atoms with van der Waals surface area (Å²) in [5, 5.41) is 8.56. The molecule has 0 radical (unpaired) electrons. The van der Waals surface area contributed by atoms with Gasteiger partial charge in [-0.1, -0.05) is 30.3 Å². The number of nitrogens with one attached hydrogen (secondary N) is 1. The predicted octanol–water partition coefficient (Wildman–Crippen LogP) is 3.53. The summed E-state index contributed by atoms with van der Waals surface area (Å²) in [7, 11) is 1.34. The quantitative estimate of drug-likeness (QED) is 0.737. The molecule has 1 N–H and O–H groups in total. The topological polar surface area (TPSA) is 59.8 Å². The van der Waals surface area contributed by atoms with E-state index in [-0.39, 0.29) is 6.54 Å². The third-order valence-corrected chi connectivity index (χ3v) is 4.52. The molecule has 0 saturated heterocycles. The minimum absolute atomic E-state index is 0.184. The van der Waals surface area contributed by atoms with Gasteiger partial charge in [-0.15, -0.1) is 11.3 Å². The summed E-state index contributed by atoms with van der Waals surface area (Å²) in [6, 6.07) is 9.66. The van der Waals surface area contributed by atoms with E-state index in [1.165, 1.54) is 18.4 Å². The van der Waals surface area contributed by atoms with Crippen molar-refractivity contribution in [1.82, 2.24) is 20.1 Å². The molecule has 0 spiro atoms. The highest BCUT2D eigenvalue weighted by molar-refractivity contribution is 7.13.